The molecule has 3 aromatic rings. The Hall–Kier alpha value is -3.80. The monoisotopic (exact) mass is 591 g/mol. The topological polar surface area (TPSA) is 122 Å². The fourth-order valence-electron chi connectivity index (χ4n) is 5.51. The molecule has 6 rings (SSSR count). The van der Waals surface area contributed by atoms with E-state index in [9.17, 15) is 9.59 Å². The van der Waals surface area contributed by atoms with Gasteiger partial charge in [-0.05, 0) is 49.1 Å². The van der Waals surface area contributed by atoms with E-state index in [4.69, 9.17) is 21.1 Å². The molecular formula is C30H34ClN7O4. The highest BCUT2D eigenvalue weighted by atomic mass is 35.5. The molecule has 3 aliphatic heterocycles. The summed E-state index contributed by atoms with van der Waals surface area (Å²) in [5.74, 6) is 0.940. The summed E-state index contributed by atoms with van der Waals surface area (Å²) < 4.78 is 10.9. The number of carbonyl (C=O) groups excluding carboxylic acids is 2. The molecule has 3 aliphatic rings. The van der Waals surface area contributed by atoms with Crippen molar-refractivity contribution in [1.29, 1.82) is 0 Å². The molecule has 2 fully saturated rings. The van der Waals surface area contributed by atoms with Crippen LogP contribution in [0.3, 0.4) is 0 Å². The third-order valence-corrected chi connectivity index (χ3v) is 8.15. The van der Waals surface area contributed by atoms with Crippen molar-refractivity contribution in [3.63, 3.8) is 0 Å². The minimum atomic E-state index is -0.240. The van der Waals surface area contributed by atoms with E-state index in [1.807, 2.05) is 31.2 Å². The lowest BCUT2D eigenvalue weighted by Crippen LogP contribution is -2.38. The summed E-state index contributed by atoms with van der Waals surface area (Å²) in [4.78, 5) is 43.6. The maximum Gasteiger partial charge on any atom is 0.254 e. The van der Waals surface area contributed by atoms with Crippen LogP contribution in [0.5, 0.6) is 0 Å². The average molecular weight is 592 g/mol. The minimum Gasteiger partial charge on any atom is -0.381 e. The summed E-state index contributed by atoms with van der Waals surface area (Å²) in [6.45, 7) is 6.58. The zero-order valence-corrected chi connectivity index (χ0v) is 24.3. The fraction of sp³-hybridized carbons (Fsp3) is 0.433. The molecule has 1 atom stereocenters. The maximum absolute atomic E-state index is 13.3. The number of pyridine rings is 1. The maximum atomic E-state index is 13.3. The third kappa shape index (κ3) is 6.33. The fourth-order valence-corrected chi connectivity index (χ4v) is 5.71. The van der Waals surface area contributed by atoms with Gasteiger partial charge < -0.3 is 29.9 Å². The number of rotatable bonds is 8. The van der Waals surface area contributed by atoms with Gasteiger partial charge in [-0.3, -0.25) is 9.59 Å². The van der Waals surface area contributed by atoms with Gasteiger partial charge >= 0.3 is 0 Å². The number of halogens is 1. The van der Waals surface area contributed by atoms with E-state index in [0.717, 1.165) is 48.4 Å². The van der Waals surface area contributed by atoms with Crippen LogP contribution >= 0.6 is 11.6 Å². The number of fused-ring (bicyclic) bond motifs is 1. The van der Waals surface area contributed by atoms with E-state index in [1.165, 1.54) is 0 Å². The highest BCUT2D eigenvalue weighted by Gasteiger charge is 2.30. The number of hydrogen-bond donors (Lipinski definition) is 2. The van der Waals surface area contributed by atoms with E-state index in [0.29, 0.717) is 55.2 Å². The van der Waals surface area contributed by atoms with Gasteiger partial charge in [0.15, 0.2) is 0 Å². The number of aromatic nitrogens is 3. The number of hydrogen-bond acceptors (Lipinski definition) is 9. The highest BCUT2D eigenvalue weighted by molar-refractivity contribution is 6.33. The quantitative estimate of drug-likeness (QED) is 0.405. The Morgan fingerprint density at radius 2 is 1.88 bits per heavy atom. The lowest BCUT2D eigenvalue weighted by Gasteiger charge is -2.28. The molecule has 11 nitrogen and oxygen atoms in total. The molecule has 0 spiro atoms. The van der Waals surface area contributed by atoms with Crippen molar-refractivity contribution < 1.29 is 19.1 Å². The van der Waals surface area contributed by atoms with Crippen LogP contribution in [-0.2, 0) is 20.8 Å². The average Bonchev–Trinajstić information content (AvgIpc) is 3.32. The molecule has 0 radical (unpaired) electrons. The third-order valence-electron chi connectivity index (χ3n) is 7.88. The van der Waals surface area contributed by atoms with Gasteiger partial charge in [0, 0.05) is 56.2 Å². The van der Waals surface area contributed by atoms with Crippen molar-refractivity contribution in [2.75, 3.05) is 56.3 Å². The smallest absolute Gasteiger partial charge is 0.254 e. The van der Waals surface area contributed by atoms with Crippen LogP contribution < -0.4 is 15.5 Å². The van der Waals surface area contributed by atoms with E-state index >= 15 is 0 Å². The van der Waals surface area contributed by atoms with Crippen LogP contribution in [0.4, 0.5) is 11.8 Å². The molecule has 2 aromatic heterocycles. The molecule has 0 bridgehead atoms. The van der Waals surface area contributed by atoms with Crippen LogP contribution in [0.25, 0.3) is 11.3 Å². The second-order valence-corrected chi connectivity index (χ2v) is 11.2. The van der Waals surface area contributed by atoms with Gasteiger partial charge in [0.05, 0.1) is 36.2 Å². The van der Waals surface area contributed by atoms with E-state index in [1.54, 1.807) is 23.4 Å². The molecular weight excluding hydrogens is 558 g/mol. The van der Waals surface area contributed by atoms with Gasteiger partial charge in [0.1, 0.15) is 12.4 Å². The first-order valence-corrected chi connectivity index (χ1v) is 14.7. The molecule has 42 heavy (non-hydrogen) atoms. The minimum absolute atomic E-state index is 0.0397. The number of morpholine rings is 1. The molecule has 2 amide bonds. The van der Waals surface area contributed by atoms with E-state index in [-0.39, 0.29) is 30.4 Å². The van der Waals surface area contributed by atoms with Crippen LogP contribution in [-0.4, -0.2) is 83.8 Å². The Labute approximate surface area is 249 Å². The zero-order chi connectivity index (χ0) is 29.1. The van der Waals surface area contributed by atoms with E-state index < -0.39 is 0 Å². The molecule has 1 aromatic carbocycles. The van der Waals surface area contributed by atoms with Crippen LogP contribution in [0, 0.1) is 0 Å². The normalized spacial score (nSPS) is 18.1. The van der Waals surface area contributed by atoms with Crippen molar-refractivity contribution >= 4 is 35.2 Å². The molecule has 1 unspecified atom stereocenters. The van der Waals surface area contributed by atoms with Crippen LogP contribution in [0.2, 0.25) is 5.02 Å². The number of anilines is 2. The predicted molar refractivity (Wildman–Crippen MR) is 159 cm³/mol. The SMILES string of the molecule is CC(NC(=O)CN1Cc2ccc(-c3nc(NC4CCOCC4)ncc3Cl)cc2C1=O)c1ccnc(N2CCOCC2)c1. The summed E-state index contributed by atoms with van der Waals surface area (Å²) in [5, 5.41) is 6.79. The number of ether oxygens (including phenoxy) is 2. The number of amides is 2. The Morgan fingerprint density at radius 1 is 1.10 bits per heavy atom. The second kappa shape index (κ2) is 12.6. The molecule has 5 heterocycles. The standard InChI is InChI=1S/C30H34ClN7O4/c1-19(20-4-7-32-26(15-20)37-8-12-42-13-9-37)34-27(39)18-38-17-22-3-2-21(14-24(22)29(38)40)28-25(31)16-33-30(36-28)35-23-5-10-41-11-6-23/h2-4,7,14-16,19,23H,5-6,8-13,17-18H2,1H3,(H,34,39)(H,33,35,36). The largest absolute Gasteiger partial charge is 0.381 e. The first kappa shape index (κ1) is 28.3. The predicted octanol–water partition coefficient (Wildman–Crippen LogP) is 3.45. The molecule has 2 N–H and O–H groups in total. The first-order valence-electron chi connectivity index (χ1n) is 14.3. The number of nitrogens with zero attached hydrogens (tertiary/aromatic N) is 5. The van der Waals surface area contributed by atoms with Crippen molar-refractivity contribution in [3.8, 4) is 11.3 Å². The lowest BCUT2D eigenvalue weighted by molar-refractivity contribution is -0.122. The summed E-state index contributed by atoms with van der Waals surface area (Å²) in [5.41, 5.74) is 3.63. The van der Waals surface area contributed by atoms with Gasteiger partial charge in [-0.1, -0.05) is 23.7 Å². The molecule has 220 valence electrons. The number of carbonyl (C=O) groups is 2. The van der Waals surface area contributed by atoms with Crippen molar-refractivity contribution in [2.45, 2.75) is 38.4 Å². The van der Waals surface area contributed by atoms with Crippen molar-refractivity contribution in [2.24, 2.45) is 0 Å². The number of nitrogens with one attached hydrogen (secondary N) is 2. The lowest BCUT2D eigenvalue weighted by atomic mass is 10.0. The Bertz CT molecular complexity index is 1460. The van der Waals surface area contributed by atoms with Gasteiger partial charge in [-0.2, -0.15) is 0 Å². The van der Waals surface area contributed by atoms with Crippen molar-refractivity contribution in [3.05, 3.63) is 64.4 Å². The van der Waals surface area contributed by atoms with Gasteiger partial charge in [-0.25, -0.2) is 15.0 Å². The van der Waals surface area contributed by atoms with Crippen LogP contribution in [0.15, 0.2) is 42.7 Å². The van der Waals surface area contributed by atoms with Crippen molar-refractivity contribution in [1.82, 2.24) is 25.2 Å². The second-order valence-electron chi connectivity index (χ2n) is 10.8. The van der Waals surface area contributed by atoms with Gasteiger partial charge in [0.2, 0.25) is 11.9 Å². The van der Waals surface area contributed by atoms with Gasteiger partial charge in [-0.15, -0.1) is 0 Å². The molecule has 12 heteroatoms. The summed E-state index contributed by atoms with van der Waals surface area (Å²) in [7, 11) is 0. The number of benzene rings is 1. The Kier molecular flexibility index (Phi) is 8.50. The van der Waals surface area contributed by atoms with E-state index in [2.05, 4.69) is 30.5 Å². The summed E-state index contributed by atoms with van der Waals surface area (Å²) in [6, 6.07) is 9.50. The zero-order valence-electron chi connectivity index (χ0n) is 23.5. The van der Waals surface area contributed by atoms with Gasteiger partial charge in [0.25, 0.3) is 5.91 Å². The summed E-state index contributed by atoms with van der Waals surface area (Å²) >= 11 is 6.48. The highest BCUT2D eigenvalue weighted by Crippen LogP contribution is 2.32. The van der Waals surface area contributed by atoms with Crippen LogP contribution in [0.1, 0.15) is 47.3 Å². The Balaban J connectivity index is 1.10. The molecule has 0 aliphatic carbocycles. The first-order chi connectivity index (χ1) is 20.4. The Morgan fingerprint density at radius 3 is 2.69 bits per heavy atom. The summed E-state index contributed by atoms with van der Waals surface area (Å²) in [6.07, 6.45) is 5.10. The molecule has 2 saturated heterocycles. The molecule has 0 saturated carbocycles.